The third kappa shape index (κ3) is 2.61. The van der Waals surface area contributed by atoms with Crippen LogP contribution in [0.1, 0.15) is 43.5 Å². The molecule has 0 saturated carbocycles. The predicted molar refractivity (Wildman–Crippen MR) is 76.1 cm³/mol. The quantitative estimate of drug-likeness (QED) is 0.867. The third-order valence-corrected chi connectivity index (χ3v) is 3.96. The molecule has 1 saturated heterocycles. The number of benzene rings is 1. The Hall–Kier alpha value is -2.01. The van der Waals surface area contributed by atoms with Gasteiger partial charge in [0.25, 0.3) is 0 Å². The zero-order valence-corrected chi connectivity index (χ0v) is 12.2. The molecular formula is C16H18N2O3. The number of hydrogen-bond donors (Lipinski definition) is 0. The number of nitrogens with zero attached hydrogens (tertiary/aromatic N) is 2. The van der Waals surface area contributed by atoms with Crippen molar-refractivity contribution < 1.29 is 14.1 Å². The number of Topliss-reactive ketones (excluding diaryl/α,β-unsaturated/α-hetero) is 1. The van der Waals surface area contributed by atoms with E-state index in [-0.39, 0.29) is 11.2 Å². The highest BCUT2D eigenvalue weighted by molar-refractivity contribution is 5.85. The molecule has 5 nitrogen and oxygen atoms in total. The third-order valence-electron chi connectivity index (χ3n) is 3.96. The molecule has 0 amide bonds. The van der Waals surface area contributed by atoms with Crippen LogP contribution in [0.25, 0.3) is 0 Å². The maximum atomic E-state index is 11.9. The Balaban J connectivity index is 1.89. The van der Waals surface area contributed by atoms with Crippen LogP contribution in [0.3, 0.4) is 0 Å². The minimum Gasteiger partial charge on any atom is -0.380 e. The molecule has 1 atom stereocenters. The van der Waals surface area contributed by atoms with E-state index in [1.54, 1.807) is 0 Å². The minimum atomic E-state index is -0.424. The van der Waals surface area contributed by atoms with Crippen molar-refractivity contribution in [2.24, 2.45) is 0 Å². The SMILES string of the molecule is CC(C)(c1ccccc1)c1noc(C2COCCC2=O)n1. The Morgan fingerprint density at radius 2 is 2.00 bits per heavy atom. The molecule has 1 aliphatic rings. The predicted octanol–water partition coefficient (Wildman–Crippen LogP) is 2.47. The highest BCUT2D eigenvalue weighted by Gasteiger charge is 2.33. The van der Waals surface area contributed by atoms with E-state index in [1.807, 2.05) is 44.2 Å². The van der Waals surface area contributed by atoms with E-state index in [2.05, 4.69) is 10.1 Å². The van der Waals surface area contributed by atoms with Crippen LogP contribution in [0.4, 0.5) is 0 Å². The van der Waals surface area contributed by atoms with Gasteiger partial charge in [0.05, 0.1) is 18.6 Å². The lowest BCUT2D eigenvalue weighted by atomic mass is 9.84. The highest BCUT2D eigenvalue weighted by Crippen LogP contribution is 2.30. The van der Waals surface area contributed by atoms with Gasteiger partial charge in [0, 0.05) is 6.42 Å². The molecular weight excluding hydrogens is 268 g/mol. The summed E-state index contributed by atoms with van der Waals surface area (Å²) in [4.78, 5) is 16.4. The van der Waals surface area contributed by atoms with E-state index in [0.717, 1.165) is 5.56 Å². The number of aromatic nitrogens is 2. The summed E-state index contributed by atoms with van der Waals surface area (Å²) in [7, 11) is 0. The van der Waals surface area contributed by atoms with Gasteiger partial charge in [-0.25, -0.2) is 0 Å². The summed E-state index contributed by atoms with van der Waals surface area (Å²) in [6.07, 6.45) is 0.407. The molecule has 5 heteroatoms. The summed E-state index contributed by atoms with van der Waals surface area (Å²) in [5.41, 5.74) is 0.727. The Morgan fingerprint density at radius 3 is 2.71 bits per heavy atom. The molecule has 2 aromatic rings. The van der Waals surface area contributed by atoms with Gasteiger partial charge < -0.3 is 9.26 Å². The molecule has 0 radical (unpaired) electrons. The zero-order chi connectivity index (χ0) is 14.9. The van der Waals surface area contributed by atoms with E-state index in [9.17, 15) is 4.79 Å². The summed E-state index contributed by atoms with van der Waals surface area (Å²) in [5.74, 6) is 0.626. The first-order chi connectivity index (χ1) is 10.1. The molecule has 0 bridgehead atoms. The number of carbonyl (C=O) groups is 1. The fourth-order valence-electron chi connectivity index (χ4n) is 2.46. The molecule has 21 heavy (non-hydrogen) atoms. The van der Waals surface area contributed by atoms with Crippen molar-refractivity contribution in [3.63, 3.8) is 0 Å². The van der Waals surface area contributed by atoms with Gasteiger partial charge in [0.1, 0.15) is 11.7 Å². The number of carbonyl (C=O) groups excluding carboxylic acids is 1. The topological polar surface area (TPSA) is 65.2 Å². The number of hydrogen-bond acceptors (Lipinski definition) is 5. The van der Waals surface area contributed by atoms with Crippen LogP contribution in [0, 0.1) is 0 Å². The van der Waals surface area contributed by atoms with Crippen molar-refractivity contribution in [1.82, 2.24) is 10.1 Å². The minimum absolute atomic E-state index is 0.106. The Kier molecular flexibility index (Phi) is 3.59. The lowest BCUT2D eigenvalue weighted by molar-refractivity contribution is -0.127. The number of ether oxygens (including phenoxy) is 1. The van der Waals surface area contributed by atoms with Gasteiger partial charge >= 0.3 is 0 Å². The first-order valence-corrected chi connectivity index (χ1v) is 7.09. The number of rotatable bonds is 3. The smallest absolute Gasteiger partial charge is 0.239 e. The normalized spacial score (nSPS) is 19.7. The van der Waals surface area contributed by atoms with Gasteiger partial charge in [0.2, 0.25) is 5.89 Å². The molecule has 0 spiro atoms. The molecule has 0 N–H and O–H groups in total. The van der Waals surface area contributed by atoms with Gasteiger partial charge in [-0.15, -0.1) is 0 Å². The van der Waals surface area contributed by atoms with Crippen molar-refractivity contribution in [3.8, 4) is 0 Å². The molecule has 0 aliphatic carbocycles. The van der Waals surface area contributed by atoms with E-state index in [1.165, 1.54) is 0 Å². The first-order valence-electron chi connectivity index (χ1n) is 7.09. The Bertz CT molecular complexity index is 634. The largest absolute Gasteiger partial charge is 0.380 e. The van der Waals surface area contributed by atoms with Crippen LogP contribution < -0.4 is 0 Å². The van der Waals surface area contributed by atoms with Gasteiger partial charge in [-0.1, -0.05) is 35.5 Å². The van der Waals surface area contributed by atoms with E-state index >= 15 is 0 Å². The molecule has 110 valence electrons. The average molecular weight is 286 g/mol. The van der Waals surface area contributed by atoms with Gasteiger partial charge in [-0.05, 0) is 19.4 Å². The summed E-state index contributed by atoms with van der Waals surface area (Å²) in [5, 5.41) is 4.08. The maximum absolute atomic E-state index is 11.9. The van der Waals surface area contributed by atoms with Crippen LogP contribution in [-0.2, 0) is 14.9 Å². The zero-order valence-electron chi connectivity index (χ0n) is 12.2. The molecule has 1 aliphatic heterocycles. The molecule has 3 rings (SSSR count). The molecule has 1 fully saturated rings. The molecule has 1 aromatic heterocycles. The summed E-state index contributed by atoms with van der Waals surface area (Å²) >= 11 is 0. The van der Waals surface area contributed by atoms with Crippen LogP contribution in [-0.4, -0.2) is 29.1 Å². The Morgan fingerprint density at radius 1 is 1.24 bits per heavy atom. The molecule has 1 unspecified atom stereocenters. The van der Waals surface area contributed by atoms with E-state index < -0.39 is 5.92 Å². The van der Waals surface area contributed by atoms with Crippen molar-refractivity contribution in [2.75, 3.05) is 13.2 Å². The molecule has 2 heterocycles. The Labute approximate surface area is 123 Å². The lowest BCUT2D eigenvalue weighted by Crippen LogP contribution is -2.26. The van der Waals surface area contributed by atoms with E-state index in [0.29, 0.717) is 31.3 Å². The summed E-state index contributed by atoms with van der Waals surface area (Å²) in [6, 6.07) is 10.0. The number of ketones is 1. The van der Waals surface area contributed by atoms with Crippen molar-refractivity contribution in [3.05, 3.63) is 47.6 Å². The van der Waals surface area contributed by atoms with Gasteiger partial charge in [-0.2, -0.15) is 4.98 Å². The molecule has 1 aromatic carbocycles. The van der Waals surface area contributed by atoms with Crippen molar-refractivity contribution in [2.45, 2.75) is 31.6 Å². The fourth-order valence-corrected chi connectivity index (χ4v) is 2.46. The first kappa shape index (κ1) is 13.9. The maximum Gasteiger partial charge on any atom is 0.239 e. The van der Waals surface area contributed by atoms with Crippen LogP contribution in [0.2, 0.25) is 0 Å². The second-order valence-electron chi connectivity index (χ2n) is 5.79. The van der Waals surface area contributed by atoms with Gasteiger partial charge in [0.15, 0.2) is 5.82 Å². The summed E-state index contributed by atoms with van der Waals surface area (Å²) < 4.78 is 10.7. The monoisotopic (exact) mass is 286 g/mol. The second kappa shape index (κ2) is 5.41. The van der Waals surface area contributed by atoms with Crippen LogP contribution >= 0.6 is 0 Å². The fraction of sp³-hybridized carbons (Fsp3) is 0.438. The highest BCUT2D eigenvalue weighted by atomic mass is 16.5. The van der Waals surface area contributed by atoms with E-state index in [4.69, 9.17) is 9.26 Å². The van der Waals surface area contributed by atoms with Crippen molar-refractivity contribution >= 4 is 5.78 Å². The summed E-state index contributed by atoms with van der Waals surface area (Å²) in [6.45, 7) is 4.88. The lowest BCUT2D eigenvalue weighted by Gasteiger charge is -2.21. The second-order valence-corrected chi connectivity index (χ2v) is 5.79. The average Bonchev–Trinajstić information content (AvgIpc) is 2.99. The van der Waals surface area contributed by atoms with Gasteiger partial charge in [-0.3, -0.25) is 4.79 Å². The standard InChI is InChI=1S/C16H18N2O3/c1-16(2,11-6-4-3-5-7-11)15-17-14(21-18-15)12-10-20-9-8-13(12)19/h3-7,12H,8-10H2,1-2H3. The van der Waals surface area contributed by atoms with Crippen LogP contribution in [0.5, 0.6) is 0 Å². The van der Waals surface area contributed by atoms with Crippen LogP contribution in [0.15, 0.2) is 34.9 Å². The van der Waals surface area contributed by atoms with Crippen molar-refractivity contribution in [1.29, 1.82) is 0 Å².